The third kappa shape index (κ3) is 1.57. The Bertz CT molecular complexity index is 487. The molecule has 0 unspecified atom stereocenters. The van der Waals surface area contributed by atoms with E-state index >= 15 is 0 Å². The van der Waals surface area contributed by atoms with Crippen molar-refractivity contribution in [2.45, 2.75) is 0 Å². The molecule has 0 aliphatic rings. The average Bonchev–Trinajstić information content (AvgIpc) is 2.16. The van der Waals surface area contributed by atoms with Gasteiger partial charge in [-0.2, -0.15) is 0 Å². The van der Waals surface area contributed by atoms with Crippen LogP contribution in [0.5, 0.6) is 5.75 Å². The lowest BCUT2D eigenvalue weighted by Gasteiger charge is -2.06. The van der Waals surface area contributed by atoms with Gasteiger partial charge >= 0.3 is 0 Å². The number of nitrogens with zero attached hydrogens (tertiary/aromatic N) is 1. The molecule has 1 aromatic carbocycles. The van der Waals surface area contributed by atoms with Gasteiger partial charge in [-0.3, -0.25) is 0 Å². The molecule has 14 heavy (non-hydrogen) atoms. The number of hydrogen-bond acceptors (Lipinski definition) is 2. The maximum atomic E-state index is 5.85. The first-order chi connectivity index (χ1) is 6.72. The van der Waals surface area contributed by atoms with Crippen LogP contribution in [0.2, 0.25) is 5.15 Å². The second kappa shape index (κ2) is 3.75. The Kier molecular flexibility index (Phi) is 2.61. The minimum absolute atomic E-state index is 0.437. The summed E-state index contributed by atoms with van der Waals surface area (Å²) in [5.74, 6) is 0.729. The summed E-state index contributed by atoms with van der Waals surface area (Å²) in [5, 5.41) is 1.38. The molecule has 1 heterocycles. The van der Waals surface area contributed by atoms with Crippen LogP contribution in [-0.2, 0) is 0 Å². The van der Waals surface area contributed by atoms with Crippen LogP contribution in [-0.4, -0.2) is 12.1 Å². The van der Waals surface area contributed by atoms with Crippen molar-refractivity contribution in [1.82, 2.24) is 4.98 Å². The monoisotopic (exact) mass is 271 g/mol. The normalized spacial score (nSPS) is 10.5. The highest BCUT2D eigenvalue weighted by Crippen LogP contribution is 2.32. The molecule has 0 spiro atoms. The molecule has 0 atom stereocenters. The van der Waals surface area contributed by atoms with E-state index in [4.69, 9.17) is 16.3 Å². The first kappa shape index (κ1) is 9.74. The van der Waals surface area contributed by atoms with Crippen molar-refractivity contribution < 1.29 is 4.74 Å². The number of methoxy groups -OCH3 is 1. The second-order valence-corrected chi connectivity index (χ2v) is 4.02. The van der Waals surface area contributed by atoms with Crippen LogP contribution in [0.15, 0.2) is 28.7 Å². The second-order valence-electron chi connectivity index (χ2n) is 2.78. The van der Waals surface area contributed by atoms with E-state index in [1.54, 1.807) is 13.2 Å². The van der Waals surface area contributed by atoms with Crippen molar-refractivity contribution in [1.29, 1.82) is 0 Å². The van der Waals surface area contributed by atoms with E-state index in [0.29, 0.717) is 5.15 Å². The van der Waals surface area contributed by atoms with Crippen molar-refractivity contribution in [3.8, 4) is 5.75 Å². The highest BCUT2D eigenvalue weighted by Gasteiger charge is 2.07. The standard InChI is InChI=1S/C10H7BrClNO/c1-14-8-5-9(12)13-7-4-2-3-6(11)10(7)8/h2-5H,1H3. The Morgan fingerprint density at radius 2 is 2.21 bits per heavy atom. The summed E-state index contributed by atoms with van der Waals surface area (Å²) in [4.78, 5) is 4.20. The SMILES string of the molecule is COc1cc(Cl)nc2cccc(Br)c12. The predicted octanol–water partition coefficient (Wildman–Crippen LogP) is 3.66. The zero-order valence-electron chi connectivity index (χ0n) is 7.42. The summed E-state index contributed by atoms with van der Waals surface area (Å²) in [6.07, 6.45) is 0. The minimum atomic E-state index is 0.437. The van der Waals surface area contributed by atoms with E-state index in [-0.39, 0.29) is 0 Å². The van der Waals surface area contributed by atoms with E-state index in [1.807, 2.05) is 18.2 Å². The topological polar surface area (TPSA) is 22.1 Å². The number of benzene rings is 1. The lowest BCUT2D eigenvalue weighted by Crippen LogP contribution is -1.88. The van der Waals surface area contributed by atoms with Crippen LogP contribution >= 0.6 is 27.5 Å². The van der Waals surface area contributed by atoms with Gasteiger partial charge in [-0.05, 0) is 28.1 Å². The molecule has 0 saturated heterocycles. The van der Waals surface area contributed by atoms with Crippen LogP contribution in [0.4, 0.5) is 0 Å². The summed E-state index contributed by atoms with van der Waals surface area (Å²) in [6.45, 7) is 0. The smallest absolute Gasteiger partial charge is 0.133 e. The number of halogens is 2. The lowest BCUT2D eigenvalue weighted by atomic mass is 10.2. The van der Waals surface area contributed by atoms with Crippen molar-refractivity contribution in [2.75, 3.05) is 7.11 Å². The van der Waals surface area contributed by atoms with Crippen LogP contribution in [0.1, 0.15) is 0 Å². The number of ether oxygens (including phenoxy) is 1. The molecule has 2 rings (SSSR count). The predicted molar refractivity (Wildman–Crippen MR) is 61.0 cm³/mol. The Morgan fingerprint density at radius 3 is 2.93 bits per heavy atom. The Labute approximate surface area is 95.0 Å². The summed E-state index contributed by atoms with van der Waals surface area (Å²) in [7, 11) is 1.62. The molecule has 0 amide bonds. The molecule has 2 aromatic rings. The summed E-state index contributed by atoms with van der Waals surface area (Å²) in [6, 6.07) is 7.46. The number of aromatic nitrogens is 1. The first-order valence-corrected chi connectivity index (χ1v) is 5.18. The third-order valence-corrected chi connectivity index (χ3v) is 2.79. The molecule has 4 heteroatoms. The van der Waals surface area contributed by atoms with Gasteiger partial charge in [0, 0.05) is 10.5 Å². The van der Waals surface area contributed by atoms with Gasteiger partial charge < -0.3 is 4.74 Å². The van der Waals surface area contributed by atoms with Gasteiger partial charge in [0.05, 0.1) is 18.0 Å². The average molecular weight is 273 g/mol. The molecule has 0 radical (unpaired) electrons. The van der Waals surface area contributed by atoms with Crippen LogP contribution in [0.25, 0.3) is 10.9 Å². The Morgan fingerprint density at radius 1 is 1.43 bits per heavy atom. The van der Waals surface area contributed by atoms with E-state index < -0.39 is 0 Å². The number of hydrogen-bond donors (Lipinski definition) is 0. The zero-order chi connectivity index (χ0) is 10.1. The molecule has 0 fully saturated rings. The third-order valence-electron chi connectivity index (χ3n) is 1.94. The Balaban J connectivity index is 2.88. The van der Waals surface area contributed by atoms with E-state index in [1.165, 1.54) is 0 Å². The molecule has 0 N–H and O–H groups in total. The van der Waals surface area contributed by atoms with Crippen LogP contribution in [0, 0.1) is 0 Å². The van der Waals surface area contributed by atoms with Gasteiger partial charge in [-0.15, -0.1) is 0 Å². The van der Waals surface area contributed by atoms with Crippen molar-refractivity contribution >= 4 is 38.4 Å². The lowest BCUT2D eigenvalue weighted by molar-refractivity contribution is 0.419. The maximum absolute atomic E-state index is 5.85. The van der Waals surface area contributed by atoms with Crippen molar-refractivity contribution in [3.05, 3.63) is 33.9 Å². The fraction of sp³-hybridized carbons (Fsp3) is 0.100. The quantitative estimate of drug-likeness (QED) is 0.739. The van der Waals surface area contributed by atoms with Gasteiger partial charge in [0.2, 0.25) is 0 Å². The summed E-state index contributed by atoms with van der Waals surface area (Å²) < 4.78 is 6.19. The zero-order valence-corrected chi connectivity index (χ0v) is 9.76. The van der Waals surface area contributed by atoms with Gasteiger partial charge in [0.15, 0.2) is 0 Å². The molecule has 1 aromatic heterocycles. The van der Waals surface area contributed by atoms with Crippen molar-refractivity contribution in [2.24, 2.45) is 0 Å². The highest BCUT2D eigenvalue weighted by molar-refractivity contribution is 9.10. The van der Waals surface area contributed by atoms with Gasteiger partial charge in [-0.1, -0.05) is 17.7 Å². The first-order valence-electron chi connectivity index (χ1n) is 4.01. The Hall–Kier alpha value is -0.800. The molecule has 0 saturated carbocycles. The fourth-order valence-electron chi connectivity index (χ4n) is 1.34. The van der Waals surface area contributed by atoms with Gasteiger partial charge in [-0.25, -0.2) is 4.98 Å². The molecular formula is C10H7BrClNO. The highest BCUT2D eigenvalue weighted by atomic mass is 79.9. The van der Waals surface area contributed by atoms with Crippen LogP contribution < -0.4 is 4.74 Å². The van der Waals surface area contributed by atoms with Crippen molar-refractivity contribution in [3.63, 3.8) is 0 Å². The largest absolute Gasteiger partial charge is 0.496 e. The molecule has 0 aliphatic carbocycles. The van der Waals surface area contributed by atoms with E-state index in [9.17, 15) is 0 Å². The maximum Gasteiger partial charge on any atom is 0.133 e. The molecule has 2 nitrogen and oxygen atoms in total. The number of pyridine rings is 1. The van der Waals surface area contributed by atoms with E-state index in [2.05, 4.69) is 20.9 Å². The number of fused-ring (bicyclic) bond motifs is 1. The molecule has 0 aliphatic heterocycles. The van der Waals surface area contributed by atoms with E-state index in [0.717, 1.165) is 21.1 Å². The molecule has 0 bridgehead atoms. The summed E-state index contributed by atoms with van der Waals surface area (Å²) in [5.41, 5.74) is 0.823. The molecule has 72 valence electrons. The van der Waals surface area contributed by atoms with Gasteiger partial charge in [0.1, 0.15) is 10.9 Å². The molecular weight excluding hydrogens is 265 g/mol. The van der Waals surface area contributed by atoms with Crippen LogP contribution in [0.3, 0.4) is 0 Å². The number of rotatable bonds is 1. The minimum Gasteiger partial charge on any atom is -0.496 e. The van der Waals surface area contributed by atoms with Gasteiger partial charge in [0.25, 0.3) is 0 Å². The fourth-order valence-corrected chi connectivity index (χ4v) is 2.08. The summed E-state index contributed by atoms with van der Waals surface area (Å²) >= 11 is 9.30.